The van der Waals surface area contributed by atoms with Gasteiger partial charge in [0.1, 0.15) is 5.75 Å². The molecule has 5 heteroatoms. The number of ether oxygens (including phenoxy) is 1. The van der Waals surface area contributed by atoms with Crippen LogP contribution in [-0.4, -0.2) is 43.0 Å². The molecule has 0 atom stereocenters. The number of amides is 2. The zero-order chi connectivity index (χ0) is 14.5. The number of hydrogen-bond donors (Lipinski definition) is 1. The first kappa shape index (κ1) is 14.4. The number of rotatable bonds is 4. The molecule has 1 N–H and O–H groups in total. The minimum atomic E-state index is -0.0972. The van der Waals surface area contributed by atoms with Crippen LogP contribution in [0.1, 0.15) is 17.5 Å². The maximum absolute atomic E-state index is 12.0. The molecule has 1 fully saturated rings. The van der Waals surface area contributed by atoms with Gasteiger partial charge in [0.15, 0.2) is 0 Å². The van der Waals surface area contributed by atoms with Crippen LogP contribution in [0.4, 0.5) is 0 Å². The second-order valence-corrected chi connectivity index (χ2v) is 5.03. The van der Waals surface area contributed by atoms with Crippen LogP contribution in [0.25, 0.3) is 0 Å². The first-order chi connectivity index (χ1) is 9.56. The smallest absolute Gasteiger partial charge is 0.239 e. The lowest BCUT2D eigenvalue weighted by atomic mass is 10.1. The topological polar surface area (TPSA) is 58.6 Å². The molecule has 0 spiro atoms. The van der Waals surface area contributed by atoms with E-state index in [9.17, 15) is 9.59 Å². The van der Waals surface area contributed by atoms with E-state index in [2.05, 4.69) is 5.32 Å². The van der Waals surface area contributed by atoms with Crippen LogP contribution in [0.2, 0.25) is 0 Å². The fourth-order valence-corrected chi connectivity index (χ4v) is 2.12. The Hall–Kier alpha value is -2.04. The zero-order valence-electron chi connectivity index (χ0n) is 11.9. The molecule has 1 saturated heterocycles. The van der Waals surface area contributed by atoms with Crippen LogP contribution >= 0.6 is 0 Å². The molecule has 1 heterocycles. The first-order valence-electron chi connectivity index (χ1n) is 6.81. The number of nitrogens with one attached hydrogen (secondary N) is 1. The molecule has 5 nitrogen and oxygen atoms in total. The molecule has 2 rings (SSSR count). The predicted molar refractivity (Wildman–Crippen MR) is 75.6 cm³/mol. The molecule has 20 heavy (non-hydrogen) atoms. The summed E-state index contributed by atoms with van der Waals surface area (Å²) in [5.74, 6) is 0.680. The van der Waals surface area contributed by atoms with E-state index >= 15 is 0 Å². The summed E-state index contributed by atoms with van der Waals surface area (Å²) in [5, 5.41) is 2.70. The van der Waals surface area contributed by atoms with Crippen LogP contribution in [-0.2, 0) is 9.59 Å². The second kappa shape index (κ2) is 6.41. The molecule has 1 aliphatic rings. The molecule has 0 aromatic heterocycles. The average molecular weight is 276 g/mol. The minimum absolute atomic E-state index is 0.0369. The van der Waals surface area contributed by atoms with Crippen molar-refractivity contribution in [1.82, 2.24) is 10.2 Å². The third-order valence-electron chi connectivity index (χ3n) is 3.31. The summed E-state index contributed by atoms with van der Waals surface area (Å²) in [6, 6.07) is 6.00. The van der Waals surface area contributed by atoms with Crippen molar-refractivity contribution in [3.8, 4) is 5.75 Å². The molecule has 0 radical (unpaired) electrons. The standard InChI is InChI=1S/C15H20N2O3/c1-11-3-4-12(2)13(9-11)20-8-5-15(19)17-7-6-16-14(18)10-17/h3-4,9H,5-8,10H2,1-2H3,(H,16,18). The largest absolute Gasteiger partial charge is 0.493 e. The number of carbonyl (C=O) groups is 2. The number of hydrogen-bond acceptors (Lipinski definition) is 3. The van der Waals surface area contributed by atoms with E-state index in [-0.39, 0.29) is 18.4 Å². The van der Waals surface area contributed by atoms with Gasteiger partial charge in [-0.05, 0) is 31.0 Å². The second-order valence-electron chi connectivity index (χ2n) is 5.03. The van der Waals surface area contributed by atoms with Gasteiger partial charge in [-0.1, -0.05) is 12.1 Å². The van der Waals surface area contributed by atoms with E-state index < -0.39 is 0 Å². The van der Waals surface area contributed by atoms with Crippen LogP contribution in [0.15, 0.2) is 18.2 Å². The number of benzene rings is 1. The lowest BCUT2D eigenvalue weighted by Gasteiger charge is -2.26. The maximum atomic E-state index is 12.0. The van der Waals surface area contributed by atoms with E-state index in [0.29, 0.717) is 26.1 Å². The van der Waals surface area contributed by atoms with Crippen molar-refractivity contribution in [2.45, 2.75) is 20.3 Å². The summed E-state index contributed by atoms with van der Waals surface area (Å²) >= 11 is 0. The Morgan fingerprint density at radius 3 is 2.95 bits per heavy atom. The monoisotopic (exact) mass is 276 g/mol. The molecular formula is C15H20N2O3. The normalized spacial score (nSPS) is 14.9. The number of aryl methyl sites for hydroxylation is 2. The van der Waals surface area contributed by atoms with Gasteiger partial charge in [0, 0.05) is 13.1 Å². The Morgan fingerprint density at radius 1 is 1.40 bits per heavy atom. The molecule has 1 aliphatic heterocycles. The van der Waals surface area contributed by atoms with Gasteiger partial charge >= 0.3 is 0 Å². The quantitative estimate of drug-likeness (QED) is 0.893. The Kier molecular flexibility index (Phi) is 4.61. The van der Waals surface area contributed by atoms with Crippen molar-refractivity contribution >= 4 is 11.8 Å². The highest BCUT2D eigenvalue weighted by atomic mass is 16.5. The number of carbonyl (C=O) groups excluding carboxylic acids is 2. The van der Waals surface area contributed by atoms with Gasteiger partial charge in [-0.2, -0.15) is 0 Å². The Labute approximate surface area is 118 Å². The van der Waals surface area contributed by atoms with Crippen molar-refractivity contribution in [3.05, 3.63) is 29.3 Å². The van der Waals surface area contributed by atoms with Gasteiger partial charge in [0.05, 0.1) is 19.6 Å². The fourth-order valence-electron chi connectivity index (χ4n) is 2.12. The molecular weight excluding hydrogens is 256 g/mol. The molecule has 1 aromatic rings. The highest BCUT2D eigenvalue weighted by molar-refractivity contribution is 5.85. The van der Waals surface area contributed by atoms with Crippen LogP contribution in [0, 0.1) is 13.8 Å². The minimum Gasteiger partial charge on any atom is -0.493 e. The van der Waals surface area contributed by atoms with Gasteiger partial charge in [-0.25, -0.2) is 0 Å². The van der Waals surface area contributed by atoms with E-state index in [0.717, 1.165) is 16.9 Å². The lowest BCUT2D eigenvalue weighted by molar-refractivity contribution is -0.138. The lowest BCUT2D eigenvalue weighted by Crippen LogP contribution is -2.50. The Morgan fingerprint density at radius 2 is 2.20 bits per heavy atom. The highest BCUT2D eigenvalue weighted by Gasteiger charge is 2.20. The summed E-state index contributed by atoms with van der Waals surface area (Å²) in [6.45, 7) is 5.58. The number of nitrogens with zero attached hydrogens (tertiary/aromatic N) is 1. The fraction of sp³-hybridized carbons (Fsp3) is 0.467. The van der Waals surface area contributed by atoms with Crippen molar-refractivity contribution in [3.63, 3.8) is 0 Å². The SMILES string of the molecule is Cc1ccc(C)c(OCCC(=O)N2CCNC(=O)C2)c1. The van der Waals surface area contributed by atoms with E-state index in [1.807, 2.05) is 32.0 Å². The zero-order valence-corrected chi connectivity index (χ0v) is 11.9. The van der Waals surface area contributed by atoms with Gasteiger partial charge in [0.2, 0.25) is 11.8 Å². The summed E-state index contributed by atoms with van der Waals surface area (Å²) in [4.78, 5) is 24.7. The highest BCUT2D eigenvalue weighted by Crippen LogP contribution is 2.19. The molecule has 0 aliphatic carbocycles. The molecule has 0 saturated carbocycles. The third-order valence-corrected chi connectivity index (χ3v) is 3.31. The molecule has 0 unspecified atom stereocenters. The molecule has 108 valence electrons. The van der Waals surface area contributed by atoms with Crippen molar-refractivity contribution in [2.75, 3.05) is 26.2 Å². The van der Waals surface area contributed by atoms with Crippen molar-refractivity contribution in [2.24, 2.45) is 0 Å². The van der Waals surface area contributed by atoms with Crippen LogP contribution in [0.3, 0.4) is 0 Å². The van der Waals surface area contributed by atoms with Crippen molar-refractivity contribution in [1.29, 1.82) is 0 Å². The van der Waals surface area contributed by atoms with Gasteiger partial charge in [-0.15, -0.1) is 0 Å². The maximum Gasteiger partial charge on any atom is 0.239 e. The van der Waals surface area contributed by atoms with Gasteiger partial charge in [0.25, 0.3) is 0 Å². The summed E-state index contributed by atoms with van der Waals surface area (Å²) in [7, 11) is 0. The predicted octanol–water partition coefficient (Wildman–Crippen LogP) is 1.03. The third kappa shape index (κ3) is 3.73. The molecule has 1 aromatic carbocycles. The Bertz CT molecular complexity index is 514. The average Bonchev–Trinajstić information content (AvgIpc) is 2.42. The van der Waals surface area contributed by atoms with E-state index in [1.165, 1.54) is 0 Å². The van der Waals surface area contributed by atoms with Gasteiger partial charge in [-0.3, -0.25) is 9.59 Å². The van der Waals surface area contributed by atoms with Crippen LogP contribution in [0.5, 0.6) is 5.75 Å². The summed E-state index contributed by atoms with van der Waals surface area (Å²) in [6.07, 6.45) is 0.292. The number of piperazine rings is 1. The Balaban J connectivity index is 1.82. The van der Waals surface area contributed by atoms with E-state index in [1.54, 1.807) is 4.90 Å². The first-order valence-corrected chi connectivity index (χ1v) is 6.81. The van der Waals surface area contributed by atoms with Crippen LogP contribution < -0.4 is 10.1 Å². The molecule has 0 bridgehead atoms. The summed E-state index contributed by atoms with van der Waals surface area (Å²) < 4.78 is 5.66. The summed E-state index contributed by atoms with van der Waals surface area (Å²) in [5.41, 5.74) is 2.19. The van der Waals surface area contributed by atoms with E-state index in [4.69, 9.17) is 4.74 Å². The molecule has 2 amide bonds. The van der Waals surface area contributed by atoms with Crippen molar-refractivity contribution < 1.29 is 14.3 Å². The van der Waals surface area contributed by atoms with Gasteiger partial charge < -0.3 is 15.0 Å².